The summed E-state index contributed by atoms with van der Waals surface area (Å²) in [6.45, 7) is 0.815. The molecule has 0 fully saturated rings. The van der Waals surface area contributed by atoms with E-state index in [1.807, 2.05) is 54.8 Å². The van der Waals surface area contributed by atoms with E-state index < -0.39 is 0 Å². The first-order valence-corrected chi connectivity index (χ1v) is 5.24. The van der Waals surface area contributed by atoms with Crippen LogP contribution in [0.5, 0.6) is 0 Å². The molecule has 0 amide bonds. The first-order chi connectivity index (χ1) is 7.86. The highest BCUT2D eigenvalue weighted by molar-refractivity contribution is 6.04. The fraction of sp³-hybridized carbons (Fsp3) is 0.0714. The summed E-state index contributed by atoms with van der Waals surface area (Å²) >= 11 is 0. The molecule has 0 radical (unpaired) electrons. The summed E-state index contributed by atoms with van der Waals surface area (Å²) in [5.74, 6) is 0.0356. The molecule has 1 aliphatic heterocycles. The minimum absolute atomic E-state index is 0.0356. The van der Waals surface area contributed by atoms with Gasteiger partial charge in [-0.1, -0.05) is 42.5 Å². The van der Waals surface area contributed by atoms with Crippen LogP contribution in [0.2, 0.25) is 0 Å². The molecule has 1 aromatic rings. The van der Waals surface area contributed by atoms with E-state index in [-0.39, 0.29) is 5.78 Å². The monoisotopic (exact) mass is 211 g/mol. The standard InChI is InChI=1S/C14H13NO/c16-14(13-4-2-1-3-5-13)7-6-12-8-10-15-11-9-12/h1-10,15H,11H2/b7-6+. The van der Waals surface area contributed by atoms with Gasteiger partial charge >= 0.3 is 0 Å². The maximum absolute atomic E-state index is 11.7. The molecule has 0 spiro atoms. The van der Waals surface area contributed by atoms with Crippen LogP contribution in [0.1, 0.15) is 10.4 Å². The third-order valence-corrected chi connectivity index (χ3v) is 2.33. The van der Waals surface area contributed by atoms with Crippen molar-refractivity contribution in [3.63, 3.8) is 0 Å². The smallest absolute Gasteiger partial charge is 0.185 e. The molecule has 16 heavy (non-hydrogen) atoms. The summed E-state index contributed by atoms with van der Waals surface area (Å²) in [6.07, 6.45) is 9.31. The molecule has 0 aliphatic carbocycles. The molecule has 0 aromatic heterocycles. The minimum Gasteiger partial charge on any atom is -0.387 e. The second-order valence-electron chi connectivity index (χ2n) is 3.51. The van der Waals surface area contributed by atoms with Gasteiger partial charge in [0, 0.05) is 12.1 Å². The Balaban J connectivity index is 2.05. The SMILES string of the molecule is O=C(/C=C/C1=CCNC=C1)c1ccccc1. The lowest BCUT2D eigenvalue weighted by Gasteiger charge is -2.03. The van der Waals surface area contributed by atoms with Gasteiger partial charge in [-0.25, -0.2) is 0 Å². The third kappa shape index (κ3) is 2.70. The molecule has 2 rings (SSSR count). The molecule has 2 heteroatoms. The molecule has 2 nitrogen and oxygen atoms in total. The molecule has 0 saturated heterocycles. The molecule has 0 atom stereocenters. The van der Waals surface area contributed by atoms with Gasteiger partial charge in [0.1, 0.15) is 0 Å². The van der Waals surface area contributed by atoms with Gasteiger partial charge in [0.15, 0.2) is 5.78 Å². The van der Waals surface area contributed by atoms with Crippen molar-refractivity contribution >= 4 is 5.78 Å². The Kier molecular flexibility index (Phi) is 3.34. The van der Waals surface area contributed by atoms with Gasteiger partial charge in [0.2, 0.25) is 0 Å². The topological polar surface area (TPSA) is 29.1 Å². The van der Waals surface area contributed by atoms with Crippen LogP contribution in [0.15, 0.2) is 66.4 Å². The maximum atomic E-state index is 11.7. The van der Waals surface area contributed by atoms with Crippen LogP contribution in [0.3, 0.4) is 0 Å². The number of dihydropyridines is 1. The highest BCUT2D eigenvalue weighted by Gasteiger charge is 1.99. The predicted octanol–water partition coefficient (Wildman–Crippen LogP) is 2.47. The van der Waals surface area contributed by atoms with E-state index in [1.165, 1.54) is 0 Å². The number of hydrogen-bond acceptors (Lipinski definition) is 2. The van der Waals surface area contributed by atoms with Crippen molar-refractivity contribution in [2.24, 2.45) is 0 Å². The number of hydrogen-bond donors (Lipinski definition) is 1. The van der Waals surface area contributed by atoms with Crippen LogP contribution in [-0.4, -0.2) is 12.3 Å². The molecule has 1 heterocycles. The van der Waals surface area contributed by atoms with Crippen LogP contribution in [0.4, 0.5) is 0 Å². The lowest BCUT2D eigenvalue weighted by atomic mass is 10.1. The van der Waals surface area contributed by atoms with Gasteiger partial charge in [-0.2, -0.15) is 0 Å². The molecule has 80 valence electrons. The minimum atomic E-state index is 0.0356. The van der Waals surface area contributed by atoms with Crippen molar-refractivity contribution in [1.29, 1.82) is 0 Å². The van der Waals surface area contributed by atoms with Crippen molar-refractivity contribution in [1.82, 2.24) is 5.32 Å². The van der Waals surface area contributed by atoms with Crippen molar-refractivity contribution in [3.8, 4) is 0 Å². The molecular weight excluding hydrogens is 198 g/mol. The molecule has 1 aliphatic rings. The Morgan fingerprint density at radius 1 is 1.25 bits per heavy atom. The van der Waals surface area contributed by atoms with Crippen molar-refractivity contribution in [2.45, 2.75) is 0 Å². The van der Waals surface area contributed by atoms with Crippen LogP contribution in [0, 0.1) is 0 Å². The normalized spacial score (nSPS) is 14.6. The van der Waals surface area contributed by atoms with E-state index in [2.05, 4.69) is 5.32 Å². The lowest BCUT2D eigenvalue weighted by Crippen LogP contribution is -2.07. The Bertz CT molecular complexity index is 455. The summed E-state index contributed by atoms with van der Waals surface area (Å²) < 4.78 is 0. The van der Waals surface area contributed by atoms with E-state index in [9.17, 15) is 4.79 Å². The number of ketones is 1. The number of rotatable bonds is 3. The number of carbonyl (C=O) groups is 1. The second kappa shape index (κ2) is 5.12. The Hall–Kier alpha value is -2.09. The zero-order valence-electron chi connectivity index (χ0n) is 8.89. The molecule has 0 bridgehead atoms. The van der Waals surface area contributed by atoms with Gasteiger partial charge in [0.25, 0.3) is 0 Å². The number of nitrogens with one attached hydrogen (secondary N) is 1. The maximum Gasteiger partial charge on any atom is 0.185 e. The van der Waals surface area contributed by atoms with Gasteiger partial charge < -0.3 is 5.32 Å². The van der Waals surface area contributed by atoms with E-state index in [0.717, 1.165) is 17.7 Å². The molecule has 1 N–H and O–H groups in total. The Labute approximate surface area is 95.0 Å². The lowest BCUT2D eigenvalue weighted by molar-refractivity contribution is 0.104. The van der Waals surface area contributed by atoms with Crippen LogP contribution in [0.25, 0.3) is 0 Å². The van der Waals surface area contributed by atoms with Crippen molar-refractivity contribution in [3.05, 3.63) is 72.0 Å². The molecular formula is C14H13NO. The van der Waals surface area contributed by atoms with E-state index in [1.54, 1.807) is 6.08 Å². The van der Waals surface area contributed by atoms with Crippen LogP contribution >= 0.6 is 0 Å². The summed E-state index contributed by atoms with van der Waals surface area (Å²) in [7, 11) is 0. The van der Waals surface area contributed by atoms with Crippen LogP contribution < -0.4 is 5.32 Å². The van der Waals surface area contributed by atoms with Gasteiger partial charge in [-0.15, -0.1) is 0 Å². The first-order valence-electron chi connectivity index (χ1n) is 5.24. The largest absolute Gasteiger partial charge is 0.387 e. The second-order valence-corrected chi connectivity index (χ2v) is 3.51. The zero-order valence-corrected chi connectivity index (χ0v) is 8.89. The van der Waals surface area contributed by atoms with Crippen molar-refractivity contribution < 1.29 is 4.79 Å². The van der Waals surface area contributed by atoms with E-state index in [0.29, 0.717) is 0 Å². The predicted molar refractivity (Wildman–Crippen MR) is 65.1 cm³/mol. The molecule has 0 saturated carbocycles. The first kappa shape index (κ1) is 10.4. The number of allylic oxidation sites excluding steroid dienone is 4. The van der Waals surface area contributed by atoms with Gasteiger partial charge in [0.05, 0.1) is 0 Å². The fourth-order valence-electron chi connectivity index (χ4n) is 1.46. The molecule has 0 unspecified atom stereocenters. The summed E-state index contributed by atoms with van der Waals surface area (Å²) in [5, 5.41) is 3.06. The fourth-order valence-corrected chi connectivity index (χ4v) is 1.46. The third-order valence-electron chi connectivity index (χ3n) is 2.33. The van der Waals surface area contributed by atoms with Gasteiger partial charge in [-0.05, 0) is 23.9 Å². The van der Waals surface area contributed by atoms with Gasteiger partial charge in [-0.3, -0.25) is 4.79 Å². The summed E-state index contributed by atoms with van der Waals surface area (Å²) in [4.78, 5) is 11.7. The Morgan fingerprint density at radius 2 is 2.06 bits per heavy atom. The quantitative estimate of drug-likeness (QED) is 0.614. The van der Waals surface area contributed by atoms with Crippen LogP contribution in [-0.2, 0) is 0 Å². The molecule has 1 aromatic carbocycles. The summed E-state index contributed by atoms with van der Waals surface area (Å²) in [5.41, 5.74) is 1.78. The Morgan fingerprint density at radius 3 is 2.75 bits per heavy atom. The average molecular weight is 211 g/mol. The highest BCUT2D eigenvalue weighted by Crippen LogP contribution is 2.05. The van der Waals surface area contributed by atoms with E-state index in [4.69, 9.17) is 0 Å². The average Bonchev–Trinajstić information content (AvgIpc) is 2.38. The number of carbonyl (C=O) groups excluding carboxylic acids is 1. The number of benzene rings is 1. The zero-order chi connectivity index (χ0) is 11.2. The highest BCUT2D eigenvalue weighted by atomic mass is 16.1. The summed E-state index contributed by atoms with van der Waals surface area (Å²) in [6, 6.07) is 9.27. The van der Waals surface area contributed by atoms with E-state index >= 15 is 0 Å². The van der Waals surface area contributed by atoms with Crippen molar-refractivity contribution in [2.75, 3.05) is 6.54 Å².